The normalized spacial score (nSPS) is 13.3. The summed E-state index contributed by atoms with van der Waals surface area (Å²) in [4.78, 5) is 6.72. The summed E-state index contributed by atoms with van der Waals surface area (Å²) in [5.74, 6) is 1.31. The number of hydrogen-bond acceptors (Lipinski definition) is 3. The second-order valence-corrected chi connectivity index (χ2v) is 7.82. The highest BCUT2D eigenvalue weighted by molar-refractivity contribution is 7.07. The number of thiophene rings is 1. The molecule has 0 bridgehead atoms. The van der Waals surface area contributed by atoms with Crippen LogP contribution in [0.5, 0.6) is 0 Å². The molecule has 1 aromatic heterocycles. The molecule has 1 aromatic carbocycles. The van der Waals surface area contributed by atoms with Gasteiger partial charge < -0.3 is 10.6 Å². The van der Waals surface area contributed by atoms with Gasteiger partial charge in [-0.05, 0) is 60.3 Å². The molecular weight excluding hydrogens is 340 g/mol. The number of rotatable bonds is 8. The lowest BCUT2D eigenvalue weighted by atomic mass is 10.1. The van der Waals surface area contributed by atoms with Crippen LogP contribution in [-0.4, -0.2) is 37.5 Å². The van der Waals surface area contributed by atoms with Crippen molar-refractivity contribution in [1.82, 2.24) is 15.5 Å². The molecule has 2 aromatic rings. The molecule has 26 heavy (non-hydrogen) atoms. The highest BCUT2D eigenvalue weighted by atomic mass is 32.1. The number of benzene rings is 1. The second kappa shape index (κ2) is 10.3. The molecule has 0 aliphatic carbocycles. The molecule has 0 radical (unpaired) electrons. The van der Waals surface area contributed by atoms with Gasteiger partial charge >= 0.3 is 0 Å². The third-order valence-electron chi connectivity index (χ3n) is 4.78. The molecule has 0 fully saturated rings. The molecule has 0 aliphatic heterocycles. The Labute approximate surface area is 162 Å². The molecule has 5 heteroatoms. The van der Waals surface area contributed by atoms with Crippen molar-refractivity contribution >= 4 is 17.3 Å². The molecule has 0 saturated carbocycles. The summed E-state index contributed by atoms with van der Waals surface area (Å²) in [5.41, 5.74) is 4.05. The van der Waals surface area contributed by atoms with E-state index in [1.807, 2.05) is 7.05 Å². The van der Waals surface area contributed by atoms with Crippen LogP contribution in [0.1, 0.15) is 43.4 Å². The molecule has 0 saturated heterocycles. The van der Waals surface area contributed by atoms with Gasteiger partial charge in [-0.1, -0.05) is 31.2 Å². The fourth-order valence-electron chi connectivity index (χ4n) is 2.66. The lowest BCUT2D eigenvalue weighted by Crippen LogP contribution is -2.38. The Hall–Kier alpha value is -1.85. The van der Waals surface area contributed by atoms with E-state index >= 15 is 0 Å². The highest BCUT2D eigenvalue weighted by Gasteiger charge is 2.10. The summed E-state index contributed by atoms with van der Waals surface area (Å²) < 4.78 is 0. The summed E-state index contributed by atoms with van der Waals surface area (Å²) in [5, 5.41) is 11.2. The van der Waals surface area contributed by atoms with Crippen LogP contribution >= 0.6 is 11.3 Å². The smallest absolute Gasteiger partial charge is 0.191 e. The van der Waals surface area contributed by atoms with Gasteiger partial charge in [0, 0.05) is 32.7 Å². The Morgan fingerprint density at radius 3 is 2.46 bits per heavy atom. The molecule has 0 amide bonds. The van der Waals surface area contributed by atoms with Crippen LogP contribution in [0.4, 0.5) is 0 Å². The second-order valence-electron chi connectivity index (χ2n) is 7.04. The van der Waals surface area contributed by atoms with Gasteiger partial charge in [-0.2, -0.15) is 11.3 Å². The lowest BCUT2D eigenvalue weighted by Gasteiger charge is -2.23. The van der Waals surface area contributed by atoms with Gasteiger partial charge in [-0.25, -0.2) is 0 Å². The summed E-state index contributed by atoms with van der Waals surface area (Å²) in [6, 6.07) is 11.3. The Balaban J connectivity index is 1.90. The van der Waals surface area contributed by atoms with E-state index in [9.17, 15) is 0 Å². The molecule has 142 valence electrons. The zero-order valence-corrected chi connectivity index (χ0v) is 17.4. The van der Waals surface area contributed by atoms with Crippen molar-refractivity contribution in [1.29, 1.82) is 0 Å². The van der Waals surface area contributed by atoms with Crippen LogP contribution in [0.25, 0.3) is 0 Å². The predicted molar refractivity (Wildman–Crippen MR) is 114 cm³/mol. The third-order valence-corrected chi connectivity index (χ3v) is 5.48. The monoisotopic (exact) mass is 372 g/mol. The first-order valence-electron chi connectivity index (χ1n) is 9.25. The number of nitrogens with one attached hydrogen (secondary N) is 2. The van der Waals surface area contributed by atoms with Gasteiger partial charge in [0.05, 0.1) is 0 Å². The molecule has 1 atom stereocenters. The average molecular weight is 373 g/mol. The molecular formula is C21H32N4S. The van der Waals surface area contributed by atoms with Gasteiger partial charge in [0.2, 0.25) is 0 Å². The molecule has 2 N–H and O–H groups in total. The van der Waals surface area contributed by atoms with E-state index in [0.717, 1.165) is 25.6 Å². The van der Waals surface area contributed by atoms with Crippen molar-refractivity contribution in [3.63, 3.8) is 0 Å². The van der Waals surface area contributed by atoms with Crippen LogP contribution in [-0.2, 0) is 13.1 Å². The first kappa shape index (κ1) is 20.5. The summed E-state index contributed by atoms with van der Waals surface area (Å²) >= 11 is 1.75. The van der Waals surface area contributed by atoms with E-state index in [-0.39, 0.29) is 0 Å². The summed E-state index contributed by atoms with van der Waals surface area (Å²) in [6.45, 7) is 9.28. The first-order chi connectivity index (χ1) is 12.5. The number of aliphatic imine (C=N–C) groups is 1. The van der Waals surface area contributed by atoms with E-state index in [2.05, 4.69) is 89.4 Å². The van der Waals surface area contributed by atoms with Gasteiger partial charge in [0.25, 0.3) is 0 Å². The maximum absolute atomic E-state index is 4.36. The summed E-state index contributed by atoms with van der Waals surface area (Å²) in [7, 11) is 3.99. The molecule has 2 rings (SSSR count). The number of nitrogens with zero attached hydrogens (tertiary/aromatic N) is 2. The Morgan fingerprint density at radius 1 is 1.12 bits per heavy atom. The molecule has 1 unspecified atom stereocenters. The summed E-state index contributed by atoms with van der Waals surface area (Å²) in [6.07, 6.45) is 0. The van der Waals surface area contributed by atoms with Crippen molar-refractivity contribution in [2.24, 2.45) is 4.99 Å². The number of guanidine groups is 1. The zero-order valence-electron chi connectivity index (χ0n) is 16.6. The molecule has 0 spiro atoms. The zero-order chi connectivity index (χ0) is 18.9. The molecule has 0 aliphatic rings. The highest BCUT2D eigenvalue weighted by Crippen LogP contribution is 2.17. The fraction of sp³-hybridized carbons (Fsp3) is 0.476. The molecule has 4 nitrogen and oxygen atoms in total. The van der Waals surface area contributed by atoms with E-state index in [4.69, 9.17) is 0 Å². The Morgan fingerprint density at radius 2 is 1.85 bits per heavy atom. The van der Waals surface area contributed by atoms with Gasteiger partial charge in [0.15, 0.2) is 5.96 Å². The third kappa shape index (κ3) is 6.15. The fourth-order valence-corrected chi connectivity index (χ4v) is 3.44. The Bertz CT molecular complexity index is 679. The number of hydrogen-bond donors (Lipinski definition) is 2. The largest absolute Gasteiger partial charge is 0.356 e. The van der Waals surface area contributed by atoms with Gasteiger partial charge in [-0.3, -0.25) is 9.89 Å². The van der Waals surface area contributed by atoms with Crippen molar-refractivity contribution in [3.8, 4) is 0 Å². The Kier molecular flexibility index (Phi) is 8.13. The minimum absolute atomic E-state index is 0.465. The predicted octanol–water partition coefficient (Wildman–Crippen LogP) is 4.06. The van der Waals surface area contributed by atoms with Crippen molar-refractivity contribution < 1.29 is 0 Å². The molecule has 1 heterocycles. The minimum atomic E-state index is 0.465. The van der Waals surface area contributed by atoms with E-state index in [0.29, 0.717) is 12.0 Å². The van der Waals surface area contributed by atoms with Gasteiger partial charge in [0.1, 0.15) is 0 Å². The van der Waals surface area contributed by atoms with E-state index in [1.165, 1.54) is 16.7 Å². The van der Waals surface area contributed by atoms with Crippen LogP contribution in [0.3, 0.4) is 0 Å². The standard InChI is InChI=1S/C21H32N4S/c1-16(2)25(5)14-19-9-7-6-8-18(19)13-24-21(22-4)23-12-17(3)20-10-11-26-15-20/h6-11,15-17H,12-14H2,1-5H3,(H2,22,23,24). The van der Waals surface area contributed by atoms with E-state index < -0.39 is 0 Å². The van der Waals surface area contributed by atoms with Crippen molar-refractivity contribution in [2.75, 3.05) is 20.6 Å². The first-order valence-corrected chi connectivity index (χ1v) is 10.2. The van der Waals surface area contributed by atoms with Crippen LogP contribution in [0, 0.1) is 0 Å². The van der Waals surface area contributed by atoms with Gasteiger partial charge in [-0.15, -0.1) is 0 Å². The topological polar surface area (TPSA) is 39.7 Å². The minimum Gasteiger partial charge on any atom is -0.356 e. The van der Waals surface area contributed by atoms with Crippen molar-refractivity contribution in [3.05, 3.63) is 57.8 Å². The maximum Gasteiger partial charge on any atom is 0.191 e. The lowest BCUT2D eigenvalue weighted by molar-refractivity contribution is 0.265. The van der Waals surface area contributed by atoms with E-state index in [1.54, 1.807) is 11.3 Å². The van der Waals surface area contributed by atoms with Crippen molar-refractivity contribution in [2.45, 2.75) is 45.8 Å². The maximum atomic E-state index is 4.36. The van der Waals surface area contributed by atoms with Crippen LogP contribution < -0.4 is 10.6 Å². The van der Waals surface area contributed by atoms with Crippen LogP contribution in [0.2, 0.25) is 0 Å². The quantitative estimate of drug-likeness (QED) is 0.542. The van der Waals surface area contributed by atoms with Crippen LogP contribution in [0.15, 0.2) is 46.1 Å². The average Bonchev–Trinajstić information content (AvgIpc) is 3.17. The SMILES string of the molecule is CN=C(NCc1ccccc1CN(C)C(C)C)NCC(C)c1ccsc1.